The van der Waals surface area contributed by atoms with E-state index in [2.05, 4.69) is 10.2 Å². The van der Waals surface area contributed by atoms with E-state index in [1.807, 2.05) is 62.4 Å². The standard InChI is InChI=1S/C21H20N2O2/c1-15-3-7-17(8-4-15)21(24)25-20-13-11-19(12-14-20)23-22-18-9-5-16(2)6-10-18/h3-11,13-14,19H,12H2,1-2H3. The van der Waals surface area contributed by atoms with Crippen LogP contribution in [0.4, 0.5) is 5.69 Å². The van der Waals surface area contributed by atoms with E-state index in [0.717, 1.165) is 11.3 Å². The Balaban J connectivity index is 1.55. The van der Waals surface area contributed by atoms with Crippen LogP contribution >= 0.6 is 0 Å². The van der Waals surface area contributed by atoms with Crippen LogP contribution in [0.15, 0.2) is 82.7 Å². The quantitative estimate of drug-likeness (QED) is 0.551. The van der Waals surface area contributed by atoms with Crippen molar-refractivity contribution in [1.82, 2.24) is 0 Å². The van der Waals surface area contributed by atoms with E-state index in [-0.39, 0.29) is 12.0 Å². The lowest BCUT2D eigenvalue weighted by Gasteiger charge is -2.12. The van der Waals surface area contributed by atoms with Crippen LogP contribution in [0.5, 0.6) is 0 Å². The van der Waals surface area contributed by atoms with Gasteiger partial charge in [0, 0.05) is 0 Å². The van der Waals surface area contributed by atoms with Gasteiger partial charge in [0.15, 0.2) is 0 Å². The average molecular weight is 332 g/mol. The number of aryl methyl sites for hydroxylation is 2. The lowest BCUT2D eigenvalue weighted by Crippen LogP contribution is -2.08. The summed E-state index contributed by atoms with van der Waals surface area (Å²) in [6.45, 7) is 4.02. The highest BCUT2D eigenvalue weighted by Crippen LogP contribution is 2.19. The summed E-state index contributed by atoms with van der Waals surface area (Å²) in [5.41, 5.74) is 3.68. The van der Waals surface area contributed by atoms with E-state index in [1.54, 1.807) is 18.2 Å². The smallest absolute Gasteiger partial charge is 0.343 e. The SMILES string of the molecule is Cc1ccc(N=NC2C=CC(OC(=O)c3ccc(C)cc3)=CC2)cc1. The Labute approximate surface area is 147 Å². The van der Waals surface area contributed by atoms with Gasteiger partial charge in [0.05, 0.1) is 17.3 Å². The van der Waals surface area contributed by atoms with Gasteiger partial charge >= 0.3 is 5.97 Å². The molecule has 0 fully saturated rings. The molecule has 0 radical (unpaired) electrons. The second-order valence-corrected chi connectivity index (χ2v) is 6.08. The van der Waals surface area contributed by atoms with Crippen LogP contribution in [0.3, 0.4) is 0 Å². The molecule has 4 nitrogen and oxygen atoms in total. The second-order valence-electron chi connectivity index (χ2n) is 6.08. The fraction of sp³-hybridized carbons (Fsp3) is 0.190. The summed E-state index contributed by atoms with van der Waals surface area (Å²) in [6.07, 6.45) is 6.19. The van der Waals surface area contributed by atoms with Gasteiger partial charge in [-0.1, -0.05) is 41.5 Å². The maximum absolute atomic E-state index is 12.1. The first-order valence-corrected chi connectivity index (χ1v) is 8.25. The van der Waals surface area contributed by atoms with Crippen molar-refractivity contribution in [2.75, 3.05) is 0 Å². The Hall–Kier alpha value is -3.01. The Morgan fingerprint density at radius 2 is 1.64 bits per heavy atom. The zero-order valence-corrected chi connectivity index (χ0v) is 14.3. The topological polar surface area (TPSA) is 51.0 Å². The first-order valence-electron chi connectivity index (χ1n) is 8.25. The first kappa shape index (κ1) is 16.8. The van der Waals surface area contributed by atoms with E-state index in [9.17, 15) is 4.79 Å². The molecule has 0 spiro atoms. The first-order chi connectivity index (χ1) is 12.1. The summed E-state index contributed by atoms with van der Waals surface area (Å²) in [5, 5.41) is 8.57. The molecule has 1 aliphatic rings. The molecule has 0 aliphatic heterocycles. The lowest BCUT2D eigenvalue weighted by molar-refractivity contribution is 0.0635. The van der Waals surface area contributed by atoms with Crippen LogP contribution in [0.2, 0.25) is 0 Å². The van der Waals surface area contributed by atoms with E-state index in [0.29, 0.717) is 17.7 Å². The van der Waals surface area contributed by atoms with Crippen molar-refractivity contribution in [3.05, 3.63) is 89.2 Å². The van der Waals surface area contributed by atoms with Gasteiger partial charge in [0.2, 0.25) is 0 Å². The summed E-state index contributed by atoms with van der Waals surface area (Å²) in [6, 6.07) is 15.2. The van der Waals surface area contributed by atoms with Crippen molar-refractivity contribution in [1.29, 1.82) is 0 Å². The largest absolute Gasteiger partial charge is 0.423 e. The van der Waals surface area contributed by atoms with Gasteiger partial charge < -0.3 is 4.74 Å². The number of carbonyl (C=O) groups excluding carboxylic acids is 1. The van der Waals surface area contributed by atoms with Crippen LogP contribution in [-0.2, 0) is 4.74 Å². The van der Waals surface area contributed by atoms with E-state index >= 15 is 0 Å². The third-order valence-electron chi connectivity index (χ3n) is 3.90. The van der Waals surface area contributed by atoms with Crippen molar-refractivity contribution in [3.8, 4) is 0 Å². The summed E-state index contributed by atoms with van der Waals surface area (Å²) < 4.78 is 5.40. The van der Waals surface area contributed by atoms with Crippen LogP contribution < -0.4 is 0 Å². The number of nitrogens with zero attached hydrogens (tertiary/aromatic N) is 2. The van der Waals surface area contributed by atoms with Crippen molar-refractivity contribution < 1.29 is 9.53 Å². The molecule has 1 unspecified atom stereocenters. The van der Waals surface area contributed by atoms with Gasteiger partial charge in [-0.05, 0) is 56.7 Å². The molecule has 1 aliphatic carbocycles. The Morgan fingerprint density at radius 1 is 1.00 bits per heavy atom. The molecule has 1 atom stereocenters. The molecule has 0 amide bonds. The van der Waals surface area contributed by atoms with Gasteiger partial charge in [0.25, 0.3) is 0 Å². The molecule has 25 heavy (non-hydrogen) atoms. The van der Waals surface area contributed by atoms with Crippen LogP contribution in [0, 0.1) is 13.8 Å². The van der Waals surface area contributed by atoms with Crippen LogP contribution in [0.25, 0.3) is 0 Å². The molecule has 0 bridgehead atoms. The van der Waals surface area contributed by atoms with Gasteiger partial charge in [-0.2, -0.15) is 10.2 Å². The van der Waals surface area contributed by atoms with Crippen LogP contribution in [0.1, 0.15) is 27.9 Å². The number of azo groups is 1. The minimum absolute atomic E-state index is 0.0388. The summed E-state index contributed by atoms with van der Waals surface area (Å²) in [7, 11) is 0. The molecule has 2 aromatic rings. The van der Waals surface area contributed by atoms with E-state index < -0.39 is 0 Å². The maximum Gasteiger partial charge on any atom is 0.343 e. The normalized spacial score (nSPS) is 16.7. The van der Waals surface area contributed by atoms with Crippen molar-refractivity contribution >= 4 is 11.7 Å². The highest BCUT2D eigenvalue weighted by atomic mass is 16.5. The molecular weight excluding hydrogens is 312 g/mol. The number of hydrogen-bond acceptors (Lipinski definition) is 4. The fourth-order valence-electron chi connectivity index (χ4n) is 2.36. The van der Waals surface area contributed by atoms with E-state index in [4.69, 9.17) is 4.74 Å². The molecule has 4 heteroatoms. The number of ether oxygens (including phenoxy) is 1. The Bertz CT molecular complexity index is 831. The van der Waals surface area contributed by atoms with Gasteiger partial charge in [0.1, 0.15) is 5.76 Å². The fourth-order valence-corrected chi connectivity index (χ4v) is 2.36. The van der Waals surface area contributed by atoms with Crippen LogP contribution in [-0.4, -0.2) is 12.0 Å². The second kappa shape index (κ2) is 7.71. The van der Waals surface area contributed by atoms with Gasteiger partial charge in [-0.25, -0.2) is 4.79 Å². The lowest BCUT2D eigenvalue weighted by atomic mass is 10.1. The van der Waals surface area contributed by atoms with Gasteiger partial charge in [-0.15, -0.1) is 0 Å². The van der Waals surface area contributed by atoms with Crippen molar-refractivity contribution in [3.63, 3.8) is 0 Å². The number of esters is 1. The highest BCUT2D eigenvalue weighted by molar-refractivity contribution is 5.90. The number of allylic oxidation sites excluding steroid dienone is 1. The Kier molecular flexibility index (Phi) is 5.19. The molecule has 0 saturated carbocycles. The molecule has 126 valence electrons. The molecule has 0 aromatic heterocycles. The predicted molar refractivity (Wildman–Crippen MR) is 97.9 cm³/mol. The van der Waals surface area contributed by atoms with Crippen molar-refractivity contribution in [2.24, 2.45) is 10.2 Å². The molecule has 3 rings (SSSR count). The third kappa shape index (κ3) is 4.73. The molecule has 0 heterocycles. The number of carbonyl (C=O) groups is 1. The summed E-state index contributed by atoms with van der Waals surface area (Å²) in [5.74, 6) is 0.197. The number of benzene rings is 2. The zero-order chi connectivity index (χ0) is 17.6. The average Bonchev–Trinajstić information content (AvgIpc) is 2.63. The molecule has 0 N–H and O–H groups in total. The predicted octanol–water partition coefficient (Wildman–Crippen LogP) is 5.46. The highest BCUT2D eigenvalue weighted by Gasteiger charge is 2.13. The Morgan fingerprint density at radius 3 is 2.24 bits per heavy atom. The zero-order valence-electron chi connectivity index (χ0n) is 14.3. The van der Waals surface area contributed by atoms with E-state index in [1.165, 1.54) is 5.56 Å². The molecule has 2 aromatic carbocycles. The molecular formula is C21H20N2O2. The minimum atomic E-state index is -0.351. The third-order valence-corrected chi connectivity index (χ3v) is 3.90. The summed E-state index contributed by atoms with van der Waals surface area (Å²) >= 11 is 0. The summed E-state index contributed by atoms with van der Waals surface area (Å²) in [4.78, 5) is 12.1. The monoisotopic (exact) mass is 332 g/mol. The number of hydrogen-bond donors (Lipinski definition) is 0. The minimum Gasteiger partial charge on any atom is -0.423 e. The number of rotatable bonds is 4. The van der Waals surface area contributed by atoms with Crippen molar-refractivity contribution in [2.45, 2.75) is 26.3 Å². The van der Waals surface area contributed by atoms with Gasteiger partial charge in [-0.3, -0.25) is 0 Å². The maximum atomic E-state index is 12.1. The molecule has 0 saturated heterocycles.